The van der Waals surface area contributed by atoms with E-state index in [0.717, 1.165) is 43.1 Å². The summed E-state index contributed by atoms with van der Waals surface area (Å²) in [7, 11) is 4.92. The third kappa shape index (κ3) is 16.0. The second kappa shape index (κ2) is 28.9. The van der Waals surface area contributed by atoms with Gasteiger partial charge in [-0.2, -0.15) is 0 Å². The van der Waals surface area contributed by atoms with Gasteiger partial charge in [-0.1, -0.05) is 52.0 Å². The Hall–Kier alpha value is -7.56. The smallest absolute Gasteiger partial charge is 0.326 e. The van der Waals surface area contributed by atoms with Crippen molar-refractivity contribution in [3.8, 4) is 0 Å². The predicted molar refractivity (Wildman–Crippen MR) is 292 cm³/mol. The second-order valence-electron chi connectivity index (χ2n) is 19.1. The summed E-state index contributed by atoms with van der Waals surface area (Å²) in [5, 5.41) is 50.4. The molecule has 8 N–H and O–H groups in total. The molecule has 0 fully saturated rings. The minimum Gasteiger partial charge on any atom is -0.480 e. The molecule has 8 amide bonds. The monoisotopic (exact) mass is 1140 g/mol. The molecule has 0 aliphatic rings. The summed E-state index contributed by atoms with van der Waals surface area (Å²) >= 11 is 1.89. The Kier molecular flexibility index (Phi) is 23.4. The third-order valence-electron chi connectivity index (χ3n) is 12.8. The van der Waals surface area contributed by atoms with Gasteiger partial charge in [0, 0.05) is 33.9 Å². The number of para-hydroxylation sites is 4. The van der Waals surface area contributed by atoms with Crippen LogP contribution < -0.4 is 21.3 Å². The van der Waals surface area contributed by atoms with Crippen LogP contribution in [-0.2, 0) is 38.4 Å². The highest BCUT2D eigenvalue weighted by molar-refractivity contribution is 8.16. The molecule has 4 aromatic rings. The first kappa shape index (κ1) is 64.0. The number of thioether (sulfide) groups is 2. The number of fused-ring (bicyclic) bond motifs is 2. The van der Waals surface area contributed by atoms with Crippen molar-refractivity contribution < 1.29 is 68.4 Å². The number of carboxylic acids is 2. The summed E-state index contributed by atoms with van der Waals surface area (Å²) in [4.78, 5) is 157. The van der Waals surface area contributed by atoms with Crippen LogP contribution >= 0.6 is 23.5 Å². The van der Waals surface area contributed by atoms with E-state index < -0.39 is 143 Å². The highest BCUT2D eigenvalue weighted by Gasteiger charge is 2.44. The molecule has 0 aliphatic heterocycles. The van der Waals surface area contributed by atoms with Crippen molar-refractivity contribution >= 4 is 105 Å². The average Bonchev–Trinajstić information content (AvgIpc) is 3.42. The number of carbonyl (C=O) groups excluding carboxylic acids is 8. The fraction of sp³-hybridized carbons (Fsp3) is 0.490. The summed E-state index contributed by atoms with van der Waals surface area (Å²) in [6, 6.07) is 1.36. The van der Waals surface area contributed by atoms with Gasteiger partial charge in [-0.15, -0.1) is 23.5 Å². The maximum absolute atomic E-state index is 14.8. The number of aliphatic hydroxyl groups is 2. The van der Waals surface area contributed by atoms with Crippen molar-refractivity contribution in [2.24, 2.45) is 11.8 Å². The lowest BCUT2D eigenvalue weighted by Crippen LogP contribution is -2.61. The molecule has 0 saturated carbocycles. The fourth-order valence-corrected chi connectivity index (χ4v) is 11.0. The van der Waals surface area contributed by atoms with Crippen molar-refractivity contribution in [2.75, 3.05) is 53.4 Å². The highest BCUT2D eigenvalue weighted by atomic mass is 32.2. The van der Waals surface area contributed by atoms with Crippen molar-refractivity contribution in [1.29, 1.82) is 0 Å². The maximum atomic E-state index is 14.8. The number of nitrogens with one attached hydrogen (secondary N) is 4. The Morgan fingerprint density at radius 2 is 0.886 bits per heavy atom. The Balaban J connectivity index is 1.63. The van der Waals surface area contributed by atoms with E-state index in [4.69, 9.17) is 0 Å². The number of hydrogen-bond donors (Lipinski definition) is 8. The number of aliphatic carboxylic acids is 2. The van der Waals surface area contributed by atoms with Gasteiger partial charge in [0.05, 0.1) is 52.3 Å². The van der Waals surface area contributed by atoms with Crippen LogP contribution in [0.4, 0.5) is 0 Å². The van der Waals surface area contributed by atoms with Gasteiger partial charge >= 0.3 is 11.9 Å². The molecule has 0 aliphatic carbocycles. The average molecular weight is 1140 g/mol. The van der Waals surface area contributed by atoms with Gasteiger partial charge in [-0.3, -0.25) is 48.3 Å². The lowest BCUT2D eigenvalue weighted by molar-refractivity contribution is -0.154. The van der Waals surface area contributed by atoms with Gasteiger partial charge < -0.3 is 61.3 Å². The summed E-state index contributed by atoms with van der Waals surface area (Å²) in [6.07, 6.45) is 3.93. The molecule has 428 valence electrons. The van der Waals surface area contributed by atoms with E-state index in [2.05, 4.69) is 41.2 Å². The normalized spacial score (nSPS) is 14.8. The number of aromatic nitrogens is 4. The molecule has 0 bridgehead atoms. The zero-order chi connectivity index (χ0) is 59.2. The summed E-state index contributed by atoms with van der Waals surface area (Å²) in [6.45, 7) is 6.99. The predicted octanol–water partition coefficient (Wildman–Crippen LogP) is -0.324. The minimum atomic E-state index is -1.60. The lowest BCUT2D eigenvalue weighted by Gasteiger charge is -2.39. The van der Waals surface area contributed by atoms with Crippen LogP contribution in [0.3, 0.4) is 0 Å². The number of aliphatic hydroxyl groups excluding tert-OH is 2. The van der Waals surface area contributed by atoms with Crippen molar-refractivity contribution in [3.05, 3.63) is 72.3 Å². The van der Waals surface area contributed by atoms with Crippen molar-refractivity contribution in [1.82, 2.24) is 60.8 Å². The van der Waals surface area contributed by atoms with Crippen molar-refractivity contribution in [3.63, 3.8) is 0 Å². The topological polar surface area (TPSA) is 364 Å². The van der Waals surface area contributed by atoms with E-state index >= 15 is 0 Å². The fourth-order valence-electron chi connectivity index (χ4n) is 8.44. The summed E-state index contributed by atoms with van der Waals surface area (Å²) in [5.74, 6) is -11.7. The van der Waals surface area contributed by atoms with Crippen LogP contribution in [0.5, 0.6) is 0 Å². The molecule has 0 radical (unpaired) electrons. The van der Waals surface area contributed by atoms with Gasteiger partial charge in [0.1, 0.15) is 59.7 Å². The van der Waals surface area contributed by atoms with Crippen LogP contribution in [0.1, 0.15) is 62.5 Å². The third-order valence-corrected chi connectivity index (χ3v) is 15.6. The maximum Gasteiger partial charge on any atom is 0.326 e. The zero-order valence-electron chi connectivity index (χ0n) is 45.5. The minimum absolute atomic E-state index is 0.168. The Morgan fingerprint density at radius 3 is 1.25 bits per heavy atom. The molecule has 28 heteroatoms. The Bertz CT molecular complexity index is 2900. The number of carboxylic acid groups (broad SMARTS) is 2. The van der Waals surface area contributed by atoms with Crippen LogP contribution in [0.15, 0.2) is 60.9 Å². The molecule has 0 unspecified atom stereocenters. The number of carbonyl (C=O) groups is 10. The molecule has 4 rings (SSSR count). The molecule has 9 atom stereocenters. The van der Waals surface area contributed by atoms with Gasteiger partial charge in [0.2, 0.25) is 35.4 Å². The quantitative estimate of drug-likeness (QED) is 0.0355. The van der Waals surface area contributed by atoms with E-state index in [1.54, 1.807) is 82.5 Å². The number of amides is 8. The highest BCUT2D eigenvalue weighted by Crippen LogP contribution is 2.32. The van der Waals surface area contributed by atoms with E-state index in [1.165, 1.54) is 54.4 Å². The lowest BCUT2D eigenvalue weighted by atomic mass is 10.0. The van der Waals surface area contributed by atoms with Gasteiger partial charge in [-0.25, -0.2) is 19.6 Å². The molecule has 2 aromatic heterocycles. The molecular weight excluding hydrogens is 1070 g/mol. The van der Waals surface area contributed by atoms with Crippen LogP contribution in [0.2, 0.25) is 0 Å². The van der Waals surface area contributed by atoms with Crippen molar-refractivity contribution in [2.45, 2.75) is 94.5 Å². The molecule has 0 saturated heterocycles. The number of rotatable bonds is 27. The van der Waals surface area contributed by atoms with Crippen LogP contribution in [0, 0.1) is 11.8 Å². The Labute approximate surface area is 464 Å². The van der Waals surface area contributed by atoms with Gasteiger partial charge in [0.25, 0.3) is 11.8 Å². The summed E-state index contributed by atoms with van der Waals surface area (Å²) in [5.41, 5.74) is 1.44. The van der Waals surface area contributed by atoms with Crippen LogP contribution in [0.25, 0.3) is 22.1 Å². The van der Waals surface area contributed by atoms with Crippen LogP contribution in [-0.4, -0.2) is 225 Å². The number of hydrogen-bond acceptors (Lipinski definition) is 18. The SMILES string of the molecule is CS[C@@H](SC[C@H](C(=O)N(C)[C@@H](C(=O)O)C(C)C)N(C)C(=O)[C@@H](C)NC(=O)[C@H](CO)NC(=O)c1cnc2ccccc2n1)[C@@H](C(=O)N(C)[C@H](C(=O)O)C(C)C)N(C)C(=O)[C@@H](C)NC(=O)[C@@H](CO)NC(=O)c1cnc2ccccc2n1. The standard InChI is InChI=1S/C51H68N12O14S2/c1-25(2)38(49(74)75)61(8)47(72)37(60(7)45(70)27(5)54-43(68)35(22-64)58-41(66)33-20-52-29-16-12-14-18-31(29)56-33)24-79-51(78-11)40(48(73)62(9)39(26(3)4)50(76)77)63(10)46(71)28(6)55-44(69)36(23-65)59-42(67)34-21-53-30-17-13-15-19-32(30)57-34/h12-21,25-28,35-40,51,64-65H,22-24H2,1-11H3,(H,54,68)(H,55,69)(H,58,66)(H,59,67)(H,74,75)(H,76,77)/t27-,28-,35+,36-,37-,38-,39+,40-,51+/m1/s1. The van der Waals surface area contributed by atoms with E-state index in [9.17, 15) is 68.4 Å². The molecule has 2 heterocycles. The first-order valence-corrected chi connectivity index (χ1v) is 27.1. The molecule has 0 spiro atoms. The largest absolute Gasteiger partial charge is 0.480 e. The summed E-state index contributed by atoms with van der Waals surface area (Å²) < 4.78 is -1.11. The molecular formula is C51H68N12O14S2. The zero-order valence-corrected chi connectivity index (χ0v) is 47.1. The molecule has 2 aromatic carbocycles. The Morgan fingerprint density at radius 1 is 0.519 bits per heavy atom. The second-order valence-corrected chi connectivity index (χ2v) is 21.6. The van der Waals surface area contributed by atoms with E-state index in [0.29, 0.717) is 22.1 Å². The number of nitrogens with zero attached hydrogens (tertiary/aromatic N) is 8. The van der Waals surface area contributed by atoms with E-state index in [1.807, 2.05) is 0 Å². The first-order valence-electron chi connectivity index (χ1n) is 24.7. The van der Waals surface area contributed by atoms with E-state index in [-0.39, 0.29) is 11.4 Å². The molecule has 26 nitrogen and oxygen atoms in total. The first-order chi connectivity index (χ1) is 37.2. The number of likely N-dealkylation sites (N-methyl/N-ethyl adjacent to an activating group) is 4. The number of benzene rings is 2. The van der Waals surface area contributed by atoms with Gasteiger partial charge in [0.15, 0.2) is 0 Å². The molecule has 79 heavy (non-hydrogen) atoms. The van der Waals surface area contributed by atoms with Gasteiger partial charge in [-0.05, 0) is 56.2 Å².